The van der Waals surface area contributed by atoms with Crippen molar-refractivity contribution >= 4 is 11.6 Å². The molecule has 2 aromatic carbocycles. The number of amides is 1. The van der Waals surface area contributed by atoms with E-state index in [-0.39, 0.29) is 11.5 Å². The molecule has 4 nitrogen and oxygen atoms in total. The van der Waals surface area contributed by atoms with Crippen LogP contribution in [0.5, 0.6) is 0 Å². The van der Waals surface area contributed by atoms with E-state index in [1.165, 1.54) is 36.5 Å². The highest BCUT2D eigenvalue weighted by atomic mass is 19.4. The number of aromatic nitrogens is 1. The van der Waals surface area contributed by atoms with Crippen LogP contribution in [0.15, 0.2) is 60.8 Å². The number of alkyl halides is 3. The summed E-state index contributed by atoms with van der Waals surface area (Å²) in [6.07, 6.45) is -0.932. The number of rotatable bonds is 5. The van der Waals surface area contributed by atoms with E-state index < -0.39 is 29.6 Å². The summed E-state index contributed by atoms with van der Waals surface area (Å²) in [5.41, 5.74) is 0.522. The summed E-state index contributed by atoms with van der Waals surface area (Å²) in [4.78, 5) is 17.5. The molecular weight excluding hydrogens is 448 g/mol. The van der Waals surface area contributed by atoms with Gasteiger partial charge >= 0.3 is 6.18 Å². The molecule has 3 aromatic rings. The Balaban J connectivity index is 0.00000158. The fraction of sp³-hybridized carbons (Fsp3) is 0.308. The number of nitrogens with one attached hydrogen (secondary N) is 1. The molecule has 1 aliphatic carbocycles. The Hall–Kier alpha value is -3.26. The van der Waals surface area contributed by atoms with E-state index in [0.29, 0.717) is 35.3 Å². The van der Waals surface area contributed by atoms with Crippen molar-refractivity contribution in [3.05, 3.63) is 83.4 Å². The van der Waals surface area contributed by atoms with Crippen LogP contribution >= 0.6 is 0 Å². The van der Waals surface area contributed by atoms with Gasteiger partial charge in [-0.3, -0.25) is 9.78 Å². The van der Waals surface area contributed by atoms with Crippen LogP contribution in [-0.4, -0.2) is 16.0 Å². The summed E-state index contributed by atoms with van der Waals surface area (Å²) < 4.78 is 52.0. The molecule has 34 heavy (non-hydrogen) atoms. The number of hydrogen-bond donors (Lipinski definition) is 2. The minimum atomic E-state index is -4.50. The minimum Gasteiger partial charge on any atom is -0.392 e. The molecule has 1 fully saturated rings. The van der Waals surface area contributed by atoms with Crippen molar-refractivity contribution in [3.8, 4) is 11.1 Å². The van der Waals surface area contributed by atoms with E-state index in [4.69, 9.17) is 0 Å². The molecule has 0 spiro atoms. The van der Waals surface area contributed by atoms with E-state index in [1.54, 1.807) is 12.1 Å². The van der Waals surface area contributed by atoms with Gasteiger partial charge in [-0.1, -0.05) is 32.4 Å². The molecule has 0 aliphatic heterocycles. The van der Waals surface area contributed by atoms with Crippen LogP contribution in [0.25, 0.3) is 11.1 Å². The van der Waals surface area contributed by atoms with Gasteiger partial charge in [0, 0.05) is 17.4 Å². The molecule has 8 heteroatoms. The number of anilines is 1. The Morgan fingerprint density at radius 1 is 1.06 bits per heavy atom. The summed E-state index contributed by atoms with van der Waals surface area (Å²) in [7, 11) is 0. The van der Waals surface area contributed by atoms with Gasteiger partial charge in [-0.25, -0.2) is 4.39 Å². The van der Waals surface area contributed by atoms with Gasteiger partial charge in [0.1, 0.15) is 5.82 Å². The SMILES string of the molecule is CC.O=C(Nc1ccc(F)cc1)C1(c2ccc(-c3ccc(C(F)(F)F)cc3CO)cn2)CCC1. The Morgan fingerprint density at radius 2 is 1.74 bits per heavy atom. The van der Waals surface area contributed by atoms with E-state index in [1.807, 2.05) is 13.8 Å². The van der Waals surface area contributed by atoms with Gasteiger partial charge in [0.25, 0.3) is 0 Å². The monoisotopic (exact) mass is 474 g/mol. The third kappa shape index (κ3) is 5.12. The summed E-state index contributed by atoms with van der Waals surface area (Å²) in [5.74, 6) is -0.634. The molecule has 1 heterocycles. The van der Waals surface area contributed by atoms with Crippen molar-refractivity contribution in [2.45, 2.75) is 51.3 Å². The normalized spacial score (nSPS) is 14.4. The van der Waals surface area contributed by atoms with E-state index in [9.17, 15) is 27.5 Å². The first-order chi connectivity index (χ1) is 16.2. The zero-order valence-corrected chi connectivity index (χ0v) is 18.9. The lowest BCUT2D eigenvalue weighted by atomic mass is 9.65. The van der Waals surface area contributed by atoms with Crippen LogP contribution in [0.3, 0.4) is 0 Å². The Kier molecular flexibility index (Phi) is 7.71. The second-order valence-electron chi connectivity index (χ2n) is 7.86. The molecule has 2 N–H and O–H groups in total. The topological polar surface area (TPSA) is 62.2 Å². The first-order valence-electron chi connectivity index (χ1n) is 11.1. The average Bonchev–Trinajstić information content (AvgIpc) is 2.80. The number of carbonyl (C=O) groups is 1. The van der Waals surface area contributed by atoms with Crippen LogP contribution < -0.4 is 5.32 Å². The summed E-state index contributed by atoms with van der Waals surface area (Å²) in [5, 5.41) is 12.4. The number of hydrogen-bond acceptors (Lipinski definition) is 3. The van der Waals surface area contributed by atoms with Crippen molar-refractivity contribution in [2.75, 3.05) is 5.32 Å². The van der Waals surface area contributed by atoms with Crippen molar-refractivity contribution in [1.82, 2.24) is 4.98 Å². The third-order valence-electron chi connectivity index (χ3n) is 5.91. The largest absolute Gasteiger partial charge is 0.416 e. The lowest BCUT2D eigenvalue weighted by Crippen LogP contribution is -2.46. The molecule has 0 bridgehead atoms. The highest BCUT2D eigenvalue weighted by Crippen LogP contribution is 2.44. The summed E-state index contributed by atoms with van der Waals surface area (Å²) >= 11 is 0. The number of carbonyl (C=O) groups excluding carboxylic acids is 1. The molecule has 0 radical (unpaired) electrons. The fourth-order valence-corrected chi connectivity index (χ4v) is 3.93. The average molecular weight is 474 g/mol. The predicted molar refractivity (Wildman–Crippen MR) is 123 cm³/mol. The molecule has 0 saturated heterocycles. The number of aliphatic hydroxyl groups excluding tert-OH is 1. The zero-order chi connectivity index (χ0) is 24.9. The van der Waals surface area contributed by atoms with Crippen molar-refractivity contribution < 1.29 is 27.5 Å². The number of pyridine rings is 1. The predicted octanol–water partition coefficient (Wildman–Crippen LogP) is 6.49. The molecule has 180 valence electrons. The lowest BCUT2D eigenvalue weighted by molar-refractivity contribution is -0.137. The van der Waals surface area contributed by atoms with Crippen molar-refractivity contribution in [2.24, 2.45) is 0 Å². The van der Waals surface area contributed by atoms with Gasteiger partial charge < -0.3 is 10.4 Å². The highest BCUT2D eigenvalue weighted by Gasteiger charge is 2.47. The molecule has 0 unspecified atom stereocenters. The van der Waals surface area contributed by atoms with E-state index in [0.717, 1.165) is 18.6 Å². The van der Waals surface area contributed by atoms with Crippen LogP contribution in [0, 0.1) is 5.82 Å². The van der Waals surface area contributed by atoms with Crippen LogP contribution in [-0.2, 0) is 23.0 Å². The Morgan fingerprint density at radius 3 is 2.24 bits per heavy atom. The second-order valence-corrected chi connectivity index (χ2v) is 7.86. The van der Waals surface area contributed by atoms with Gasteiger partial charge in [-0.2, -0.15) is 13.2 Å². The maximum Gasteiger partial charge on any atom is 0.416 e. The zero-order valence-electron chi connectivity index (χ0n) is 18.9. The maximum atomic E-state index is 13.1. The molecular formula is C26H26F4N2O2. The van der Waals surface area contributed by atoms with Crippen molar-refractivity contribution in [1.29, 1.82) is 0 Å². The molecule has 1 aliphatic rings. The Labute approximate surface area is 195 Å². The molecule has 4 rings (SSSR count). The molecule has 1 aromatic heterocycles. The smallest absolute Gasteiger partial charge is 0.392 e. The van der Waals surface area contributed by atoms with Crippen LogP contribution in [0.2, 0.25) is 0 Å². The van der Waals surface area contributed by atoms with Gasteiger partial charge in [0.2, 0.25) is 5.91 Å². The summed E-state index contributed by atoms with van der Waals surface area (Å²) in [6.45, 7) is 3.45. The number of benzene rings is 2. The van der Waals surface area contributed by atoms with Crippen molar-refractivity contribution in [3.63, 3.8) is 0 Å². The maximum absolute atomic E-state index is 13.1. The second kappa shape index (κ2) is 10.3. The number of halogens is 4. The summed E-state index contributed by atoms with van der Waals surface area (Å²) in [6, 6.07) is 12.1. The van der Waals surface area contributed by atoms with E-state index >= 15 is 0 Å². The highest BCUT2D eigenvalue weighted by molar-refractivity contribution is 5.99. The quantitative estimate of drug-likeness (QED) is 0.416. The third-order valence-corrected chi connectivity index (χ3v) is 5.91. The first kappa shape index (κ1) is 25.4. The Bertz CT molecular complexity index is 1120. The first-order valence-corrected chi connectivity index (χ1v) is 11.1. The van der Waals surface area contributed by atoms with Gasteiger partial charge in [0.05, 0.1) is 23.3 Å². The van der Waals surface area contributed by atoms with Crippen LogP contribution in [0.4, 0.5) is 23.2 Å². The standard InChI is InChI=1S/C24H20F4N2O2.C2H6/c25-18-4-6-19(7-5-18)30-22(32)23(10-1-11-23)21-9-2-15(13-29-21)20-8-3-17(24(26,27)28)12-16(20)14-31;1-2/h2-9,12-13,31H,1,10-11,14H2,(H,30,32);1-2H3. The lowest BCUT2D eigenvalue weighted by Gasteiger charge is -2.39. The van der Waals surface area contributed by atoms with Gasteiger partial charge in [-0.15, -0.1) is 0 Å². The van der Waals surface area contributed by atoms with Crippen LogP contribution in [0.1, 0.15) is 49.9 Å². The molecule has 0 atom stereocenters. The van der Waals surface area contributed by atoms with Gasteiger partial charge in [-0.05, 0) is 66.4 Å². The van der Waals surface area contributed by atoms with E-state index in [2.05, 4.69) is 10.3 Å². The number of aliphatic hydroxyl groups is 1. The van der Waals surface area contributed by atoms with Gasteiger partial charge in [0.15, 0.2) is 0 Å². The number of nitrogens with zero attached hydrogens (tertiary/aromatic N) is 1. The molecule has 1 saturated carbocycles. The molecule has 1 amide bonds. The fourth-order valence-electron chi connectivity index (χ4n) is 3.93. The minimum absolute atomic E-state index is 0.141.